The lowest BCUT2D eigenvalue weighted by Gasteiger charge is -2.29. The van der Waals surface area contributed by atoms with Crippen molar-refractivity contribution in [2.24, 2.45) is 5.41 Å². The molecule has 0 spiro atoms. The van der Waals surface area contributed by atoms with Crippen LogP contribution < -0.4 is 0 Å². The number of carbonyl (C=O) groups is 1. The van der Waals surface area contributed by atoms with Crippen molar-refractivity contribution < 1.29 is 4.79 Å². The highest BCUT2D eigenvalue weighted by Gasteiger charge is 2.28. The van der Waals surface area contributed by atoms with E-state index >= 15 is 0 Å². The molecule has 2 heteroatoms. The lowest BCUT2D eigenvalue weighted by molar-refractivity contribution is 0.101. The van der Waals surface area contributed by atoms with Gasteiger partial charge in [0.1, 0.15) is 0 Å². The number of thiophene rings is 1. The highest BCUT2D eigenvalue weighted by Crippen LogP contribution is 2.39. The van der Waals surface area contributed by atoms with Crippen molar-refractivity contribution in [3.8, 4) is 0 Å². The van der Waals surface area contributed by atoms with Crippen molar-refractivity contribution in [2.75, 3.05) is 0 Å². The molecule has 0 fully saturated rings. The minimum absolute atomic E-state index is 0.222. The molecule has 0 N–H and O–H groups in total. The highest BCUT2D eigenvalue weighted by atomic mass is 32.1. The standard InChI is InChI=1S/C12H16OS/c1-8(13)10-7-14-11-4-5-12(2,3)6-9(10)11/h7H,4-6H2,1-3H3. The lowest BCUT2D eigenvalue weighted by Crippen LogP contribution is -2.22. The van der Waals surface area contributed by atoms with Gasteiger partial charge in [-0.3, -0.25) is 4.79 Å². The van der Waals surface area contributed by atoms with Gasteiger partial charge in [-0.2, -0.15) is 0 Å². The molecular formula is C12H16OS. The van der Waals surface area contributed by atoms with Gasteiger partial charge in [0.25, 0.3) is 0 Å². The van der Waals surface area contributed by atoms with Crippen molar-refractivity contribution in [3.63, 3.8) is 0 Å². The first-order chi connectivity index (χ1) is 6.49. The van der Waals surface area contributed by atoms with Crippen LogP contribution >= 0.6 is 11.3 Å². The molecule has 2 rings (SSSR count). The quantitative estimate of drug-likeness (QED) is 0.646. The Morgan fingerprint density at radius 2 is 2.21 bits per heavy atom. The summed E-state index contributed by atoms with van der Waals surface area (Å²) in [5.74, 6) is 0.222. The molecule has 0 radical (unpaired) electrons. The number of rotatable bonds is 1. The van der Waals surface area contributed by atoms with Crippen LogP contribution in [0.4, 0.5) is 0 Å². The van der Waals surface area contributed by atoms with E-state index in [1.807, 2.05) is 5.38 Å². The molecule has 1 aliphatic carbocycles. The van der Waals surface area contributed by atoms with Gasteiger partial charge < -0.3 is 0 Å². The Morgan fingerprint density at radius 1 is 1.50 bits per heavy atom. The Labute approximate surface area is 89.1 Å². The third-order valence-corrected chi connectivity index (χ3v) is 4.13. The molecule has 1 aliphatic rings. The van der Waals surface area contributed by atoms with Gasteiger partial charge in [0.15, 0.2) is 5.78 Å². The molecule has 1 nitrogen and oxygen atoms in total. The summed E-state index contributed by atoms with van der Waals surface area (Å²) < 4.78 is 0. The topological polar surface area (TPSA) is 17.1 Å². The first-order valence-electron chi connectivity index (χ1n) is 5.10. The molecule has 1 aromatic heterocycles. The monoisotopic (exact) mass is 208 g/mol. The largest absolute Gasteiger partial charge is 0.294 e. The van der Waals surface area contributed by atoms with E-state index in [1.165, 1.54) is 16.9 Å². The highest BCUT2D eigenvalue weighted by molar-refractivity contribution is 7.10. The minimum atomic E-state index is 0.222. The van der Waals surface area contributed by atoms with Crippen LogP contribution in [0.2, 0.25) is 0 Å². The number of carbonyl (C=O) groups excluding carboxylic acids is 1. The molecule has 0 aromatic carbocycles. The average molecular weight is 208 g/mol. The maximum atomic E-state index is 11.4. The molecule has 1 aromatic rings. The SMILES string of the molecule is CC(=O)c1csc2c1CC(C)(C)CC2. The summed E-state index contributed by atoms with van der Waals surface area (Å²) in [5, 5.41) is 2.04. The van der Waals surface area contributed by atoms with Crippen molar-refractivity contribution in [1.82, 2.24) is 0 Å². The van der Waals surface area contributed by atoms with E-state index in [4.69, 9.17) is 0 Å². The Morgan fingerprint density at radius 3 is 2.86 bits per heavy atom. The van der Waals surface area contributed by atoms with Gasteiger partial charge in [-0.1, -0.05) is 13.8 Å². The van der Waals surface area contributed by atoms with Gasteiger partial charge in [0.2, 0.25) is 0 Å². The Balaban J connectivity index is 2.42. The predicted octanol–water partition coefficient (Wildman–Crippen LogP) is 3.47. The molecule has 0 aliphatic heterocycles. The zero-order chi connectivity index (χ0) is 10.3. The van der Waals surface area contributed by atoms with Gasteiger partial charge in [-0.25, -0.2) is 0 Å². The van der Waals surface area contributed by atoms with Crippen LogP contribution in [0.3, 0.4) is 0 Å². The van der Waals surface area contributed by atoms with Crippen LogP contribution in [0.25, 0.3) is 0 Å². The predicted molar refractivity (Wildman–Crippen MR) is 60.1 cm³/mol. The van der Waals surface area contributed by atoms with E-state index in [-0.39, 0.29) is 5.78 Å². The number of fused-ring (bicyclic) bond motifs is 1. The van der Waals surface area contributed by atoms with Crippen LogP contribution in [-0.2, 0) is 12.8 Å². The van der Waals surface area contributed by atoms with Gasteiger partial charge in [0, 0.05) is 15.8 Å². The number of aryl methyl sites for hydroxylation is 1. The average Bonchev–Trinajstić information content (AvgIpc) is 2.44. The second-order valence-electron chi connectivity index (χ2n) is 4.95. The third kappa shape index (κ3) is 1.63. The van der Waals surface area contributed by atoms with Crippen molar-refractivity contribution in [1.29, 1.82) is 0 Å². The first-order valence-corrected chi connectivity index (χ1v) is 5.98. The van der Waals surface area contributed by atoms with Crippen LogP contribution in [-0.4, -0.2) is 5.78 Å². The van der Waals surface area contributed by atoms with Gasteiger partial charge in [0.05, 0.1) is 0 Å². The first kappa shape index (κ1) is 9.91. The summed E-state index contributed by atoms with van der Waals surface area (Å²) >= 11 is 1.76. The van der Waals surface area contributed by atoms with Crippen LogP contribution in [0.1, 0.15) is 48.0 Å². The second-order valence-corrected chi connectivity index (χ2v) is 5.91. The van der Waals surface area contributed by atoms with E-state index < -0.39 is 0 Å². The maximum Gasteiger partial charge on any atom is 0.160 e. The van der Waals surface area contributed by atoms with E-state index in [1.54, 1.807) is 18.3 Å². The molecule has 0 saturated heterocycles. The molecule has 76 valence electrons. The molecule has 0 atom stereocenters. The van der Waals surface area contributed by atoms with E-state index in [9.17, 15) is 4.79 Å². The Kier molecular flexibility index (Phi) is 2.26. The Hall–Kier alpha value is -0.630. The third-order valence-electron chi connectivity index (χ3n) is 3.04. The van der Waals surface area contributed by atoms with Crippen LogP contribution in [0.5, 0.6) is 0 Å². The number of hydrogen-bond donors (Lipinski definition) is 0. The summed E-state index contributed by atoms with van der Waals surface area (Å²) in [6, 6.07) is 0. The van der Waals surface area contributed by atoms with Crippen molar-refractivity contribution in [2.45, 2.75) is 40.0 Å². The fourth-order valence-electron chi connectivity index (χ4n) is 2.14. The molecule has 0 saturated carbocycles. The molecule has 0 bridgehead atoms. The molecule has 14 heavy (non-hydrogen) atoms. The molecule has 0 unspecified atom stereocenters. The fourth-order valence-corrected chi connectivity index (χ4v) is 3.25. The van der Waals surface area contributed by atoms with E-state index in [0.29, 0.717) is 5.41 Å². The summed E-state index contributed by atoms with van der Waals surface area (Å²) in [4.78, 5) is 12.8. The smallest absolute Gasteiger partial charge is 0.160 e. The van der Waals surface area contributed by atoms with Gasteiger partial charge >= 0.3 is 0 Å². The molecule has 1 heterocycles. The van der Waals surface area contributed by atoms with Crippen LogP contribution in [0, 0.1) is 5.41 Å². The summed E-state index contributed by atoms with van der Waals surface area (Å²) in [6.45, 7) is 6.25. The Bertz CT molecular complexity index is 374. The van der Waals surface area contributed by atoms with Gasteiger partial charge in [-0.15, -0.1) is 11.3 Å². The summed E-state index contributed by atoms with van der Waals surface area (Å²) in [5.41, 5.74) is 2.68. The normalized spacial score (nSPS) is 19.1. The van der Waals surface area contributed by atoms with Crippen molar-refractivity contribution >= 4 is 17.1 Å². The van der Waals surface area contributed by atoms with Crippen molar-refractivity contribution in [3.05, 3.63) is 21.4 Å². The zero-order valence-electron chi connectivity index (χ0n) is 9.02. The summed E-state index contributed by atoms with van der Waals surface area (Å²) in [6.07, 6.45) is 3.47. The summed E-state index contributed by atoms with van der Waals surface area (Å²) in [7, 11) is 0. The second kappa shape index (κ2) is 3.20. The van der Waals surface area contributed by atoms with Crippen LogP contribution in [0.15, 0.2) is 5.38 Å². The maximum absolute atomic E-state index is 11.4. The van der Waals surface area contributed by atoms with E-state index in [2.05, 4.69) is 13.8 Å². The lowest BCUT2D eigenvalue weighted by atomic mass is 9.76. The van der Waals surface area contributed by atoms with Gasteiger partial charge in [-0.05, 0) is 37.2 Å². The molecule has 0 amide bonds. The zero-order valence-corrected chi connectivity index (χ0v) is 9.83. The number of ketones is 1. The fraction of sp³-hybridized carbons (Fsp3) is 0.583. The minimum Gasteiger partial charge on any atom is -0.294 e. The molecular weight excluding hydrogens is 192 g/mol. The number of Topliss-reactive ketones (excluding diaryl/α,β-unsaturated/α-hetero) is 1. The number of hydrogen-bond acceptors (Lipinski definition) is 2. The van der Waals surface area contributed by atoms with E-state index in [0.717, 1.165) is 18.4 Å².